The molecule has 1 unspecified atom stereocenters. The second kappa shape index (κ2) is 13.8. The van der Waals surface area contributed by atoms with Crippen LogP contribution in [0.25, 0.3) is 0 Å². The minimum absolute atomic E-state index is 0.0481. The first-order chi connectivity index (χ1) is 21.6. The molecular weight excluding hydrogens is 619 g/mol. The third-order valence-corrected chi connectivity index (χ3v) is 7.56. The number of aliphatic hydroxyl groups is 1. The fraction of sp³-hybridized carbons (Fsp3) is 0.194. The van der Waals surface area contributed by atoms with E-state index in [1.54, 1.807) is 86.6 Å². The molecule has 45 heavy (non-hydrogen) atoms. The number of nitrogens with one attached hydrogen (secondary N) is 3. The van der Waals surface area contributed by atoms with Gasteiger partial charge >= 0.3 is 0 Å². The summed E-state index contributed by atoms with van der Waals surface area (Å²) in [6, 6.07) is 20.5. The third-order valence-electron chi connectivity index (χ3n) is 7.05. The fourth-order valence-electron chi connectivity index (χ4n) is 4.94. The maximum Gasteiger partial charge on any atom is 0.254 e. The van der Waals surface area contributed by atoms with Gasteiger partial charge in [0.05, 0.1) is 6.54 Å². The first-order valence-corrected chi connectivity index (χ1v) is 14.6. The average Bonchev–Trinajstić information content (AvgIpc) is 3.41. The van der Waals surface area contributed by atoms with Gasteiger partial charge in [-0.3, -0.25) is 9.59 Å². The molecule has 2 amide bonds. The molecule has 1 aliphatic rings. The molecular formula is C31H30Cl2N8O4. The van der Waals surface area contributed by atoms with E-state index in [9.17, 15) is 14.7 Å². The molecule has 0 saturated carbocycles. The maximum atomic E-state index is 13.8. The lowest BCUT2D eigenvalue weighted by Gasteiger charge is -2.31. The van der Waals surface area contributed by atoms with Gasteiger partial charge in [0.2, 0.25) is 5.95 Å². The number of ether oxygens (including phenoxy) is 1. The van der Waals surface area contributed by atoms with Gasteiger partial charge in [0.15, 0.2) is 0 Å². The summed E-state index contributed by atoms with van der Waals surface area (Å²) in [4.78, 5) is 27.7. The Kier molecular flexibility index (Phi) is 9.67. The summed E-state index contributed by atoms with van der Waals surface area (Å²) in [7, 11) is 0. The molecule has 0 fully saturated rings. The van der Waals surface area contributed by atoms with E-state index in [1.807, 2.05) is 0 Å². The van der Waals surface area contributed by atoms with E-state index in [-0.39, 0.29) is 30.9 Å². The highest BCUT2D eigenvalue weighted by Crippen LogP contribution is 2.40. The highest BCUT2D eigenvalue weighted by atomic mass is 35.5. The number of nitrogens with zero attached hydrogens (tertiary/aromatic N) is 4. The molecule has 3 aromatic carbocycles. The van der Waals surface area contributed by atoms with Gasteiger partial charge < -0.3 is 31.5 Å². The monoisotopic (exact) mass is 648 g/mol. The summed E-state index contributed by atoms with van der Waals surface area (Å²) in [5.74, 6) is -0.965. The second-order valence-corrected chi connectivity index (χ2v) is 11.2. The molecule has 0 aliphatic carbocycles. The lowest BCUT2D eigenvalue weighted by atomic mass is 9.79. The van der Waals surface area contributed by atoms with E-state index >= 15 is 0 Å². The van der Waals surface area contributed by atoms with Gasteiger partial charge in [-0.1, -0.05) is 40.4 Å². The number of nitrogen functional groups attached to an aromatic ring is 1. The molecule has 14 heteroatoms. The fourth-order valence-corrected chi connectivity index (χ4v) is 5.19. The molecule has 6 N–H and O–H groups in total. The molecule has 0 radical (unpaired) electrons. The van der Waals surface area contributed by atoms with Gasteiger partial charge in [0, 0.05) is 49.9 Å². The number of benzene rings is 3. The Hall–Kier alpha value is -4.91. The Labute approximate surface area is 268 Å². The first kappa shape index (κ1) is 31.5. The van der Waals surface area contributed by atoms with Crippen LogP contribution in [0, 0.1) is 0 Å². The van der Waals surface area contributed by atoms with Crippen LogP contribution < -0.4 is 26.4 Å². The van der Waals surface area contributed by atoms with Crippen molar-refractivity contribution in [2.45, 2.75) is 32.4 Å². The number of nitrogens with two attached hydrogens (primary N) is 1. The van der Waals surface area contributed by atoms with Gasteiger partial charge in [-0.25, -0.2) is 4.68 Å². The van der Waals surface area contributed by atoms with Crippen molar-refractivity contribution < 1.29 is 19.4 Å². The van der Waals surface area contributed by atoms with Crippen molar-refractivity contribution >= 4 is 52.3 Å². The van der Waals surface area contributed by atoms with E-state index < -0.39 is 12.0 Å². The SMILES string of the molecule is CC1=C(C(=O)Nc2ccc(Cl)cc2)C(c2ccc(OCC(O)Cn3nnnc3N)cc2)C(C(=O)Nc2ccc(Cl)cc2)=C(C)N1. The normalized spacial score (nSPS) is 14.2. The number of halogens is 2. The molecule has 5 rings (SSSR count). The highest BCUT2D eigenvalue weighted by Gasteiger charge is 2.36. The third kappa shape index (κ3) is 7.60. The van der Waals surface area contributed by atoms with Crippen LogP contribution in [-0.2, 0) is 16.1 Å². The molecule has 0 spiro atoms. The summed E-state index contributed by atoms with van der Waals surface area (Å²) in [5, 5.41) is 31.3. The van der Waals surface area contributed by atoms with Crippen LogP contribution in [0.5, 0.6) is 5.75 Å². The minimum Gasteiger partial charge on any atom is -0.491 e. The molecule has 0 saturated heterocycles. The van der Waals surface area contributed by atoms with Crippen LogP contribution in [0.3, 0.4) is 0 Å². The smallest absolute Gasteiger partial charge is 0.254 e. The standard InChI is InChI=1S/C31H30Cl2N8O4/c1-17-26(29(43)36-22-9-5-20(32)6-10-22)28(27(18(2)35-17)30(44)37-23-11-7-21(33)8-12-23)19-3-13-25(14-4-19)45-16-24(42)15-41-31(34)38-39-40-41/h3-14,24,28,35,42H,15-16H2,1-2H3,(H,36,43)(H,37,44)(H2,34,38,40). The van der Waals surface area contributed by atoms with Crippen LogP contribution in [0.2, 0.25) is 10.0 Å². The summed E-state index contributed by atoms with van der Waals surface area (Å²) in [6.07, 6.45) is -0.928. The number of hydrogen-bond acceptors (Lipinski definition) is 9. The zero-order valence-corrected chi connectivity index (χ0v) is 25.8. The topological polar surface area (TPSA) is 169 Å². The molecule has 1 aromatic heterocycles. The van der Waals surface area contributed by atoms with Gasteiger partial charge in [0.25, 0.3) is 11.8 Å². The van der Waals surface area contributed by atoms with Gasteiger partial charge in [0.1, 0.15) is 18.5 Å². The number of allylic oxidation sites excluding steroid dienone is 2. The van der Waals surface area contributed by atoms with Crippen molar-refractivity contribution in [2.75, 3.05) is 23.0 Å². The maximum absolute atomic E-state index is 13.8. The number of dihydropyridines is 1. The number of rotatable bonds is 10. The van der Waals surface area contributed by atoms with Gasteiger partial charge in [-0.15, -0.1) is 0 Å². The van der Waals surface area contributed by atoms with Crippen molar-refractivity contribution in [3.05, 3.63) is 111 Å². The lowest BCUT2D eigenvalue weighted by Crippen LogP contribution is -2.35. The summed E-state index contributed by atoms with van der Waals surface area (Å²) in [5.41, 5.74) is 9.34. The summed E-state index contributed by atoms with van der Waals surface area (Å²) >= 11 is 12.1. The molecule has 0 bridgehead atoms. The Bertz CT molecular complexity index is 1670. The number of aromatic nitrogens is 4. The Morgan fingerprint density at radius 2 is 1.42 bits per heavy atom. The van der Waals surface area contributed by atoms with Crippen molar-refractivity contribution in [1.29, 1.82) is 0 Å². The van der Waals surface area contributed by atoms with Crippen molar-refractivity contribution in [3.8, 4) is 5.75 Å². The van der Waals surface area contributed by atoms with Crippen LogP contribution in [0.15, 0.2) is 95.3 Å². The van der Waals surface area contributed by atoms with Crippen molar-refractivity contribution in [2.24, 2.45) is 0 Å². The summed E-state index contributed by atoms with van der Waals surface area (Å²) < 4.78 is 7.05. The van der Waals surface area contributed by atoms with Gasteiger partial charge in [-0.2, -0.15) is 0 Å². The van der Waals surface area contributed by atoms with Gasteiger partial charge in [-0.05, 0) is 90.5 Å². The average molecular weight is 650 g/mol. The zero-order valence-electron chi connectivity index (χ0n) is 24.3. The quantitative estimate of drug-likeness (QED) is 0.166. The lowest BCUT2D eigenvalue weighted by molar-refractivity contribution is -0.113. The number of aliphatic hydroxyl groups excluding tert-OH is 1. The molecule has 12 nitrogen and oxygen atoms in total. The number of anilines is 3. The molecule has 232 valence electrons. The predicted molar refractivity (Wildman–Crippen MR) is 172 cm³/mol. The van der Waals surface area contributed by atoms with E-state index in [0.717, 1.165) is 0 Å². The highest BCUT2D eigenvalue weighted by molar-refractivity contribution is 6.31. The zero-order chi connectivity index (χ0) is 32.1. The van der Waals surface area contributed by atoms with Crippen molar-refractivity contribution in [3.63, 3.8) is 0 Å². The van der Waals surface area contributed by atoms with Crippen LogP contribution in [-0.4, -0.2) is 49.8 Å². The van der Waals surface area contributed by atoms with Crippen LogP contribution in [0.1, 0.15) is 25.3 Å². The number of hydrogen-bond donors (Lipinski definition) is 5. The second-order valence-electron chi connectivity index (χ2n) is 10.3. The first-order valence-electron chi connectivity index (χ1n) is 13.8. The Morgan fingerprint density at radius 3 is 1.89 bits per heavy atom. The van der Waals surface area contributed by atoms with E-state index in [1.165, 1.54) is 4.68 Å². The van der Waals surface area contributed by atoms with Crippen molar-refractivity contribution in [1.82, 2.24) is 25.5 Å². The minimum atomic E-state index is -0.928. The van der Waals surface area contributed by atoms with Crippen LogP contribution >= 0.6 is 23.2 Å². The number of carbonyl (C=O) groups is 2. The molecule has 2 heterocycles. The van der Waals surface area contributed by atoms with E-state index in [0.29, 0.717) is 55.3 Å². The number of amides is 2. The molecule has 1 aliphatic heterocycles. The predicted octanol–water partition coefficient (Wildman–Crippen LogP) is 4.51. The van der Waals surface area contributed by atoms with Crippen LogP contribution in [0.4, 0.5) is 17.3 Å². The molecule has 4 aromatic rings. The van der Waals surface area contributed by atoms with E-state index in [4.69, 9.17) is 33.7 Å². The summed E-state index contributed by atoms with van der Waals surface area (Å²) in [6.45, 7) is 3.58. The molecule has 1 atom stereocenters. The Morgan fingerprint density at radius 1 is 0.911 bits per heavy atom. The Balaban J connectivity index is 1.42. The largest absolute Gasteiger partial charge is 0.491 e. The number of carbonyl (C=O) groups excluding carboxylic acids is 2. The van der Waals surface area contributed by atoms with E-state index in [2.05, 4.69) is 31.5 Å². The number of tetrazole rings is 1.